The fraction of sp³-hybridized carbons (Fsp3) is 0.696. The summed E-state index contributed by atoms with van der Waals surface area (Å²) in [5.74, 6) is 1.51. The quantitative estimate of drug-likeness (QED) is 0.723. The van der Waals surface area contributed by atoms with Gasteiger partial charge in [-0.3, -0.25) is 4.79 Å². The number of hydrogen-bond acceptors (Lipinski definition) is 3. The minimum atomic E-state index is -0.0821. The summed E-state index contributed by atoms with van der Waals surface area (Å²) in [5, 5.41) is 13.0. The van der Waals surface area contributed by atoms with E-state index >= 15 is 0 Å². The molecule has 0 saturated carbocycles. The van der Waals surface area contributed by atoms with E-state index in [0.717, 1.165) is 43.1 Å². The van der Waals surface area contributed by atoms with Gasteiger partial charge in [0.2, 0.25) is 5.91 Å². The summed E-state index contributed by atoms with van der Waals surface area (Å²) in [6.07, 6.45) is 4.15. The molecule has 4 heteroatoms. The van der Waals surface area contributed by atoms with Gasteiger partial charge >= 0.3 is 0 Å². The maximum Gasteiger partial charge on any atom is 0.223 e. The summed E-state index contributed by atoms with van der Waals surface area (Å²) in [4.78, 5) is 15.4. The number of carbonyl (C=O) groups excluding carboxylic acids is 1. The highest BCUT2D eigenvalue weighted by Crippen LogP contribution is 2.21. The third-order valence-electron chi connectivity index (χ3n) is 5.87. The smallest absolute Gasteiger partial charge is 0.223 e. The second kappa shape index (κ2) is 10.1. The predicted octanol–water partition coefficient (Wildman–Crippen LogP) is 4.01. The number of carbonyl (C=O) groups is 1. The zero-order valence-electron chi connectivity index (χ0n) is 17.8. The zero-order chi connectivity index (χ0) is 20.0. The highest BCUT2D eigenvalue weighted by molar-refractivity contribution is 5.79. The van der Waals surface area contributed by atoms with E-state index in [1.165, 1.54) is 12.8 Å². The summed E-state index contributed by atoms with van der Waals surface area (Å²) in [5.41, 5.74) is 2.28. The van der Waals surface area contributed by atoms with E-state index < -0.39 is 0 Å². The van der Waals surface area contributed by atoms with Gasteiger partial charge < -0.3 is 15.3 Å². The molecule has 2 N–H and O–H groups in total. The molecule has 1 fully saturated rings. The number of aromatic hydroxyl groups is 1. The van der Waals surface area contributed by atoms with E-state index in [0.29, 0.717) is 18.1 Å². The van der Waals surface area contributed by atoms with Crippen molar-refractivity contribution in [1.82, 2.24) is 10.2 Å². The molecule has 2 rings (SSSR count). The van der Waals surface area contributed by atoms with Crippen molar-refractivity contribution in [2.75, 3.05) is 19.6 Å². The molecule has 0 aliphatic carbocycles. The van der Waals surface area contributed by atoms with Crippen molar-refractivity contribution in [2.45, 2.75) is 66.3 Å². The minimum absolute atomic E-state index is 0.0821. The summed E-state index contributed by atoms with van der Waals surface area (Å²) in [6, 6.07) is 5.67. The van der Waals surface area contributed by atoms with Crippen LogP contribution in [0.2, 0.25) is 0 Å². The lowest BCUT2D eigenvalue weighted by Crippen LogP contribution is -2.50. The van der Waals surface area contributed by atoms with Gasteiger partial charge in [-0.15, -0.1) is 0 Å². The lowest BCUT2D eigenvalue weighted by molar-refractivity contribution is -0.125. The first kappa shape index (κ1) is 21.7. The number of nitrogens with zero attached hydrogens (tertiary/aromatic N) is 1. The van der Waals surface area contributed by atoms with Gasteiger partial charge in [-0.2, -0.15) is 0 Å². The van der Waals surface area contributed by atoms with Gasteiger partial charge in [0.15, 0.2) is 0 Å². The molecular weight excluding hydrogens is 336 g/mol. The Morgan fingerprint density at radius 2 is 2.04 bits per heavy atom. The van der Waals surface area contributed by atoms with E-state index in [1.54, 1.807) is 6.07 Å². The molecule has 1 amide bonds. The molecule has 27 heavy (non-hydrogen) atoms. The van der Waals surface area contributed by atoms with E-state index in [2.05, 4.69) is 37.9 Å². The number of rotatable bonds is 8. The number of benzene rings is 1. The van der Waals surface area contributed by atoms with Gasteiger partial charge in [0.25, 0.3) is 0 Å². The van der Waals surface area contributed by atoms with E-state index in [1.807, 2.05) is 19.1 Å². The van der Waals surface area contributed by atoms with Crippen molar-refractivity contribution < 1.29 is 9.90 Å². The van der Waals surface area contributed by atoms with Crippen LogP contribution in [0.25, 0.3) is 0 Å². The molecule has 4 nitrogen and oxygen atoms in total. The maximum absolute atomic E-state index is 12.9. The van der Waals surface area contributed by atoms with Crippen molar-refractivity contribution in [1.29, 1.82) is 0 Å². The molecule has 0 aromatic heterocycles. The third kappa shape index (κ3) is 6.53. The van der Waals surface area contributed by atoms with Gasteiger partial charge in [0.1, 0.15) is 5.75 Å². The number of phenols is 1. The Labute approximate surface area is 165 Å². The lowest BCUT2D eigenvalue weighted by Gasteiger charge is -2.35. The van der Waals surface area contributed by atoms with Crippen LogP contribution >= 0.6 is 0 Å². The molecule has 0 bridgehead atoms. The van der Waals surface area contributed by atoms with Gasteiger partial charge in [0.05, 0.1) is 0 Å². The van der Waals surface area contributed by atoms with Crippen molar-refractivity contribution in [3.8, 4) is 5.75 Å². The lowest BCUT2D eigenvalue weighted by atomic mass is 9.93. The molecule has 1 heterocycles. The van der Waals surface area contributed by atoms with Crippen LogP contribution in [0.5, 0.6) is 5.75 Å². The Kier molecular flexibility index (Phi) is 8.15. The first-order valence-corrected chi connectivity index (χ1v) is 10.6. The number of hydrogen-bond donors (Lipinski definition) is 2. The highest BCUT2D eigenvalue weighted by Gasteiger charge is 2.25. The maximum atomic E-state index is 12.9. The molecule has 1 aliphatic heterocycles. The van der Waals surface area contributed by atoms with Gasteiger partial charge in [-0.05, 0) is 67.3 Å². The molecule has 1 unspecified atom stereocenters. The fourth-order valence-corrected chi connectivity index (χ4v) is 4.04. The Bertz CT molecular complexity index is 614. The van der Waals surface area contributed by atoms with Crippen molar-refractivity contribution in [2.24, 2.45) is 17.8 Å². The van der Waals surface area contributed by atoms with Crippen LogP contribution < -0.4 is 5.32 Å². The molecule has 1 aromatic rings. The number of aryl methyl sites for hydroxylation is 1. The first-order chi connectivity index (χ1) is 12.8. The van der Waals surface area contributed by atoms with E-state index in [4.69, 9.17) is 0 Å². The Hall–Kier alpha value is -1.55. The zero-order valence-corrected chi connectivity index (χ0v) is 17.8. The van der Waals surface area contributed by atoms with Crippen molar-refractivity contribution in [3.05, 3.63) is 29.3 Å². The van der Waals surface area contributed by atoms with Crippen LogP contribution in [-0.2, 0) is 17.6 Å². The summed E-state index contributed by atoms with van der Waals surface area (Å²) in [6.45, 7) is 14.0. The van der Waals surface area contributed by atoms with Crippen LogP contribution in [0.4, 0.5) is 0 Å². The highest BCUT2D eigenvalue weighted by atomic mass is 16.3. The van der Waals surface area contributed by atoms with Gasteiger partial charge in [0, 0.05) is 25.0 Å². The average molecular weight is 375 g/mol. The first-order valence-electron chi connectivity index (χ1n) is 10.6. The Morgan fingerprint density at radius 1 is 1.30 bits per heavy atom. The summed E-state index contributed by atoms with van der Waals surface area (Å²) in [7, 11) is 0. The monoisotopic (exact) mass is 374 g/mol. The molecule has 0 spiro atoms. The molecule has 1 aliphatic rings. The van der Waals surface area contributed by atoms with Crippen molar-refractivity contribution >= 4 is 5.91 Å². The average Bonchev–Trinajstić information content (AvgIpc) is 2.62. The largest absolute Gasteiger partial charge is 0.508 e. The number of nitrogens with one attached hydrogen (secondary N) is 1. The SMILES string of the molecule is CCc1cc(O)ccc1C[C@@H](C)C(=O)N[C@H](CN1CCCC(C)C1)C(C)C. The number of phenolic OH excluding ortho intramolecular Hbond substituents is 1. The van der Waals surface area contributed by atoms with Crippen LogP contribution in [0, 0.1) is 17.8 Å². The van der Waals surface area contributed by atoms with Gasteiger partial charge in [-0.1, -0.05) is 40.7 Å². The molecular formula is C23H38N2O2. The van der Waals surface area contributed by atoms with Crippen molar-refractivity contribution in [3.63, 3.8) is 0 Å². The molecule has 152 valence electrons. The Morgan fingerprint density at radius 3 is 2.67 bits per heavy atom. The van der Waals surface area contributed by atoms with Crippen LogP contribution in [0.15, 0.2) is 18.2 Å². The third-order valence-corrected chi connectivity index (χ3v) is 5.87. The molecule has 1 aromatic carbocycles. The predicted molar refractivity (Wildman–Crippen MR) is 112 cm³/mol. The van der Waals surface area contributed by atoms with Crippen LogP contribution in [0.1, 0.15) is 58.6 Å². The topological polar surface area (TPSA) is 52.6 Å². The standard InChI is InChI=1S/C23H38N2O2/c1-6-19-13-21(26)10-9-20(19)12-18(5)23(27)24-22(16(2)3)15-25-11-7-8-17(4)14-25/h9-10,13,16-18,22,26H,6-8,11-12,14-15H2,1-5H3,(H,24,27)/t17?,18-,22-/m1/s1. The number of piperidine rings is 1. The minimum Gasteiger partial charge on any atom is -0.508 e. The second-order valence-corrected chi connectivity index (χ2v) is 8.78. The molecule has 1 saturated heterocycles. The Balaban J connectivity index is 1.96. The van der Waals surface area contributed by atoms with E-state index in [9.17, 15) is 9.90 Å². The molecule has 0 radical (unpaired) electrons. The summed E-state index contributed by atoms with van der Waals surface area (Å²) >= 11 is 0. The fourth-order valence-electron chi connectivity index (χ4n) is 4.04. The van der Waals surface area contributed by atoms with Gasteiger partial charge in [-0.25, -0.2) is 0 Å². The van der Waals surface area contributed by atoms with E-state index in [-0.39, 0.29) is 17.9 Å². The second-order valence-electron chi connectivity index (χ2n) is 8.78. The normalized spacial score (nSPS) is 20.4. The number of amides is 1. The molecule has 3 atom stereocenters. The number of likely N-dealkylation sites (tertiary alicyclic amines) is 1. The van der Waals surface area contributed by atoms with Crippen LogP contribution in [-0.4, -0.2) is 41.6 Å². The summed E-state index contributed by atoms with van der Waals surface area (Å²) < 4.78 is 0. The van der Waals surface area contributed by atoms with Crippen LogP contribution in [0.3, 0.4) is 0 Å².